The maximum atomic E-state index is 12.8. The molecule has 1 aromatic heterocycles. The van der Waals surface area contributed by atoms with Gasteiger partial charge in [-0.05, 0) is 51.6 Å². The summed E-state index contributed by atoms with van der Waals surface area (Å²) in [6.45, 7) is 4.58. The van der Waals surface area contributed by atoms with E-state index in [9.17, 15) is 22.8 Å². The van der Waals surface area contributed by atoms with E-state index < -0.39 is 33.8 Å². The van der Waals surface area contributed by atoms with Crippen LogP contribution in [0.2, 0.25) is 0 Å². The molecule has 0 radical (unpaired) electrons. The summed E-state index contributed by atoms with van der Waals surface area (Å²) in [5.41, 5.74) is 1.10. The number of aryl methyl sites for hydroxylation is 1. The van der Waals surface area contributed by atoms with Crippen molar-refractivity contribution in [3.8, 4) is 5.75 Å². The SMILES string of the molecule is CNS(=O)(=O)c1cc(C(=O)OC(C)C(=O)c2[nH]c(C)c(C(=O)OC)c2C)ccc1OC. The number of benzene rings is 1. The molecule has 2 rings (SSSR count). The van der Waals surface area contributed by atoms with Gasteiger partial charge in [0.05, 0.1) is 31.0 Å². The zero-order valence-corrected chi connectivity index (χ0v) is 18.8. The molecule has 31 heavy (non-hydrogen) atoms. The number of carbonyl (C=O) groups is 3. The second kappa shape index (κ2) is 9.31. The topological polar surface area (TPSA) is 141 Å². The molecule has 2 aromatic rings. The number of sulfonamides is 1. The van der Waals surface area contributed by atoms with Crippen LogP contribution in [-0.2, 0) is 19.5 Å². The molecule has 0 aliphatic heterocycles. The number of Topliss-reactive ketones (excluding diaryl/α,β-unsaturated/α-hetero) is 1. The first-order chi connectivity index (χ1) is 14.5. The van der Waals surface area contributed by atoms with Crippen LogP contribution in [0.3, 0.4) is 0 Å². The van der Waals surface area contributed by atoms with Gasteiger partial charge in [0.2, 0.25) is 15.8 Å². The summed E-state index contributed by atoms with van der Waals surface area (Å²) < 4.78 is 41.5. The van der Waals surface area contributed by atoms with Crippen LogP contribution in [0.1, 0.15) is 49.4 Å². The lowest BCUT2D eigenvalue weighted by Crippen LogP contribution is -2.26. The van der Waals surface area contributed by atoms with Gasteiger partial charge in [0, 0.05) is 5.69 Å². The molecule has 0 aliphatic rings. The predicted octanol–water partition coefficient (Wildman–Crippen LogP) is 1.76. The van der Waals surface area contributed by atoms with Gasteiger partial charge >= 0.3 is 11.9 Å². The Labute approximate surface area is 179 Å². The number of carbonyl (C=O) groups excluding carboxylic acids is 3. The lowest BCUT2D eigenvalue weighted by atomic mass is 10.1. The fourth-order valence-electron chi connectivity index (χ4n) is 3.01. The lowest BCUT2D eigenvalue weighted by Gasteiger charge is -2.14. The van der Waals surface area contributed by atoms with Crippen molar-refractivity contribution >= 4 is 27.7 Å². The molecule has 0 bridgehead atoms. The maximum absolute atomic E-state index is 12.8. The minimum atomic E-state index is -3.90. The van der Waals surface area contributed by atoms with Crippen LogP contribution < -0.4 is 9.46 Å². The number of ether oxygens (including phenoxy) is 3. The minimum absolute atomic E-state index is 0.0443. The van der Waals surface area contributed by atoms with Crippen LogP contribution >= 0.6 is 0 Å². The third-order valence-corrected chi connectivity index (χ3v) is 6.12. The van der Waals surface area contributed by atoms with Gasteiger partial charge in [-0.2, -0.15) is 0 Å². The number of H-pyrrole nitrogens is 1. The number of aromatic nitrogens is 1. The van der Waals surface area contributed by atoms with Crippen LogP contribution in [0.4, 0.5) is 0 Å². The summed E-state index contributed by atoms with van der Waals surface area (Å²) in [6, 6.07) is 3.74. The molecular weight excluding hydrogens is 428 g/mol. The van der Waals surface area contributed by atoms with Crippen molar-refractivity contribution in [3.05, 3.63) is 46.3 Å². The average Bonchev–Trinajstić information content (AvgIpc) is 3.05. The van der Waals surface area contributed by atoms with Gasteiger partial charge in [-0.3, -0.25) is 4.79 Å². The summed E-state index contributed by atoms with van der Waals surface area (Å²) in [7, 11) is -0.144. The second-order valence-corrected chi connectivity index (χ2v) is 8.46. The molecule has 10 nitrogen and oxygen atoms in total. The number of nitrogens with one attached hydrogen (secondary N) is 2. The number of aromatic amines is 1. The normalized spacial score (nSPS) is 12.2. The van der Waals surface area contributed by atoms with Crippen molar-refractivity contribution in [3.63, 3.8) is 0 Å². The Morgan fingerprint density at radius 1 is 1.10 bits per heavy atom. The first kappa shape index (κ1) is 24.1. The van der Waals surface area contributed by atoms with Crippen LogP contribution in [0.25, 0.3) is 0 Å². The Balaban J connectivity index is 2.30. The molecule has 1 unspecified atom stereocenters. The molecule has 1 atom stereocenters. The molecule has 11 heteroatoms. The highest BCUT2D eigenvalue weighted by Gasteiger charge is 2.28. The van der Waals surface area contributed by atoms with Crippen LogP contribution in [0.15, 0.2) is 23.1 Å². The number of ketones is 1. The molecule has 2 N–H and O–H groups in total. The Morgan fingerprint density at radius 3 is 2.29 bits per heavy atom. The standard InChI is InChI=1S/C20H24N2O8S/c1-10-16(20(25)29-6)11(2)22-17(10)18(23)12(3)30-19(24)13-7-8-14(28-5)15(9-13)31(26,27)21-4/h7-9,12,21-22H,1-6H3. The zero-order valence-electron chi connectivity index (χ0n) is 18.0. The third kappa shape index (κ3) is 4.78. The summed E-state index contributed by atoms with van der Waals surface area (Å²) in [5.74, 6) is -2.00. The van der Waals surface area contributed by atoms with E-state index in [1.807, 2.05) is 0 Å². The number of methoxy groups -OCH3 is 2. The highest BCUT2D eigenvalue weighted by molar-refractivity contribution is 7.89. The molecular formula is C20H24N2O8S. The van der Waals surface area contributed by atoms with Crippen LogP contribution in [-0.4, -0.2) is 58.5 Å². The smallest absolute Gasteiger partial charge is 0.339 e. The molecule has 1 heterocycles. The third-order valence-electron chi connectivity index (χ3n) is 4.68. The van der Waals surface area contributed by atoms with E-state index in [0.29, 0.717) is 11.3 Å². The Hall–Kier alpha value is -3.18. The first-order valence-corrected chi connectivity index (χ1v) is 10.6. The van der Waals surface area contributed by atoms with Crippen molar-refractivity contribution in [1.82, 2.24) is 9.71 Å². The van der Waals surface area contributed by atoms with E-state index in [2.05, 4.69) is 9.71 Å². The van der Waals surface area contributed by atoms with Crippen molar-refractivity contribution in [1.29, 1.82) is 0 Å². The van der Waals surface area contributed by atoms with Crippen molar-refractivity contribution in [2.45, 2.75) is 31.8 Å². The van der Waals surface area contributed by atoms with Gasteiger partial charge in [-0.1, -0.05) is 0 Å². The quantitative estimate of drug-likeness (QED) is 0.456. The van der Waals surface area contributed by atoms with E-state index in [0.717, 1.165) is 6.07 Å². The minimum Gasteiger partial charge on any atom is -0.495 e. The van der Waals surface area contributed by atoms with Gasteiger partial charge in [0.15, 0.2) is 6.10 Å². The van der Waals surface area contributed by atoms with Crippen molar-refractivity contribution in [2.75, 3.05) is 21.3 Å². The average molecular weight is 452 g/mol. The summed E-state index contributed by atoms with van der Waals surface area (Å²) in [6.07, 6.45) is -1.21. The van der Waals surface area contributed by atoms with Crippen LogP contribution in [0, 0.1) is 13.8 Å². The van der Waals surface area contributed by atoms with Crippen molar-refractivity contribution in [2.24, 2.45) is 0 Å². The van der Waals surface area contributed by atoms with Gasteiger partial charge in [-0.15, -0.1) is 0 Å². The highest BCUT2D eigenvalue weighted by Crippen LogP contribution is 2.26. The molecule has 0 saturated heterocycles. The summed E-state index contributed by atoms with van der Waals surface area (Å²) in [4.78, 5) is 39.8. The molecule has 0 aliphatic carbocycles. The van der Waals surface area contributed by atoms with E-state index in [1.165, 1.54) is 40.3 Å². The molecule has 1 aromatic carbocycles. The predicted molar refractivity (Wildman–Crippen MR) is 110 cm³/mol. The highest BCUT2D eigenvalue weighted by atomic mass is 32.2. The summed E-state index contributed by atoms with van der Waals surface area (Å²) >= 11 is 0. The summed E-state index contributed by atoms with van der Waals surface area (Å²) in [5, 5.41) is 0. The van der Waals surface area contributed by atoms with E-state index >= 15 is 0 Å². The molecule has 0 saturated carbocycles. The zero-order chi connectivity index (χ0) is 23.5. The number of esters is 2. The number of rotatable bonds is 8. The Kier molecular flexibility index (Phi) is 7.24. The Bertz CT molecular complexity index is 1130. The second-order valence-electron chi connectivity index (χ2n) is 6.60. The van der Waals surface area contributed by atoms with Gasteiger partial charge in [-0.25, -0.2) is 22.7 Å². The monoisotopic (exact) mass is 452 g/mol. The van der Waals surface area contributed by atoms with E-state index in [4.69, 9.17) is 14.2 Å². The van der Waals surface area contributed by atoms with E-state index in [-0.39, 0.29) is 27.5 Å². The van der Waals surface area contributed by atoms with Gasteiger partial charge in [0.1, 0.15) is 10.6 Å². The fraction of sp³-hybridized carbons (Fsp3) is 0.350. The largest absolute Gasteiger partial charge is 0.495 e. The molecule has 0 fully saturated rings. The lowest BCUT2D eigenvalue weighted by molar-refractivity contribution is 0.0316. The van der Waals surface area contributed by atoms with Gasteiger partial charge < -0.3 is 19.2 Å². The molecule has 0 amide bonds. The maximum Gasteiger partial charge on any atom is 0.339 e. The van der Waals surface area contributed by atoms with Gasteiger partial charge in [0.25, 0.3) is 0 Å². The molecule has 168 valence electrons. The first-order valence-electron chi connectivity index (χ1n) is 9.12. The van der Waals surface area contributed by atoms with E-state index in [1.54, 1.807) is 13.8 Å². The van der Waals surface area contributed by atoms with Crippen molar-refractivity contribution < 1.29 is 37.0 Å². The molecule has 0 spiro atoms. The van der Waals surface area contributed by atoms with Crippen LogP contribution in [0.5, 0.6) is 5.75 Å². The fourth-order valence-corrected chi connectivity index (χ4v) is 3.93. The Morgan fingerprint density at radius 2 is 1.74 bits per heavy atom. The number of hydrogen-bond donors (Lipinski definition) is 2. The number of hydrogen-bond acceptors (Lipinski definition) is 8.